The molecule has 0 unspecified atom stereocenters. The molecule has 0 aromatic heterocycles. The maximum Gasteiger partial charge on any atom is 0.0996 e. The molecule has 3 nitrogen and oxygen atoms in total. The van der Waals surface area contributed by atoms with E-state index in [4.69, 9.17) is 4.74 Å². The minimum atomic E-state index is -0.389. The van der Waals surface area contributed by atoms with Gasteiger partial charge in [0.15, 0.2) is 0 Å². The number of aliphatic hydroxyl groups is 1. The van der Waals surface area contributed by atoms with Crippen LogP contribution in [0.3, 0.4) is 0 Å². The maximum atomic E-state index is 9.46. The number of rotatable bonds is 2. The molecule has 1 aliphatic heterocycles. The van der Waals surface area contributed by atoms with Crippen LogP contribution in [0.2, 0.25) is 0 Å². The van der Waals surface area contributed by atoms with Crippen LogP contribution in [0, 0.1) is 0 Å². The van der Waals surface area contributed by atoms with Gasteiger partial charge in [0.05, 0.1) is 25.4 Å². The lowest BCUT2D eigenvalue weighted by molar-refractivity contribution is 0.125. The van der Waals surface area contributed by atoms with Crippen molar-refractivity contribution < 1.29 is 9.84 Å². The van der Waals surface area contributed by atoms with Gasteiger partial charge in [-0.25, -0.2) is 0 Å². The summed E-state index contributed by atoms with van der Waals surface area (Å²) in [6, 6.07) is 9.88. The summed E-state index contributed by atoms with van der Waals surface area (Å²) in [5.41, 5.74) is 1.03. The van der Waals surface area contributed by atoms with Crippen molar-refractivity contribution in [1.82, 2.24) is 0 Å². The van der Waals surface area contributed by atoms with E-state index in [9.17, 15) is 5.11 Å². The Morgan fingerprint density at radius 3 is 2.62 bits per heavy atom. The van der Waals surface area contributed by atoms with E-state index >= 15 is 0 Å². The van der Waals surface area contributed by atoms with Gasteiger partial charge in [-0.05, 0) is 12.1 Å². The fraction of sp³-hybridized carbons (Fsp3) is 0.400. The molecule has 1 aromatic rings. The number of nitrogens with one attached hydrogen (secondary N) is 1. The first-order chi connectivity index (χ1) is 6.36. The molecule has 1 fully saturated rings. The first-order valence-electron chi connectivity index (χ1n) is 4.43. The van der Waals surface area contributed by atoms with Gasteiger partial charge in [0.2, 0.25) is 0 Å². The fourth-order valence-corrected chi connectivity index (χ4v) is 1.43. The number of hydrogen-bond donors (Lipinski definition) is 2. The molecule has 1 saturated heterocycles. The molecule has 70 valence electrons. The van der Waals surface area contributed by atoms with Crippen LogP contribution < -0.4 is 5.32 Å². The third-order valence-electron chi connectivity index (χ3n) is 2.18. The number of hydrogen-bond acceptors (Lipinski definition) is 3. The van der Waals surface area contributed by atoms with E-state index in [1.54, 1.807) is 0 Å². The summed E-state index contributed by atoms with van der Waals surface area (Å²) in [5.74, 6) is 0. The van der Waals surface area contributed by atoms with Crippen LogP contribution in [0.5, 0.6) is 0 Å². The van der Waals surface area contributed by atoms with E-state index in [1.165, 1.54) is 0 Å². The van der Waals surface area contributed by atoms with Crippen LogP contribution in [-0.2, 0) is 4.74 Å². The molecule has 0 radical (unpaired) electrons. The molecule has 1 aromatic carbocycles. The van der Waals surface area contributed by atoms with Crippen molar-refractivity contribution in [3.63, 3.8) is 0 Å². The van der Waals surface area contributed by atoms with Crippen LogP contribution in [-0.4, -0.2) is 30.5 Å². The van der Waals surface area contributed by atoms with Crippen molar-refractivity contribution in [3.8, 4) is 0 Å². The van der Waals surface area contributed by atoms with E-state index < -0.39 is 0 Å². The summed E-state index contributed by atoms with van der Waals surface area (Å²) < 4.78 is 5.13. The number of benzene rings is 1. The lowest BCUT2D eigenvalue weighted by atomic mass is 10.2. The van der Waals surface area contributed by atoms with E-state index in [0.29, 0.717) is 13.2 Å². The van der Waals surface area contributed by atoms with Crippen molar-refractivity contribution in [1.29, 1.82) is 0 Å². The largest absolute Gasteiger partial charge is 0.388 e. The zero-order valence-corrected chi connectivity index (χ0v) is 7.31. The summed E-state index contributed by atoms with van der Waals surface area (Å²) in [6.07, 6.45) is -0.389. The summed E-state index contributed by atoms with van der Waals surface area (Å²) in [6.45, 7) is 1.01. The van der Waals surface area contributed by atoms with Crippen LogP contribution in [0.1, 0.15) is 0 Å². The van der Waals surface area contributed by atoms with E-state index in [-0.39, 0.29) is 12.1 Å². The van der Waals surface area contributed by atoms with Crippen molar-refractivity contribution in [2.45, 2.75) is 12.1 Å². The summed E-state index contributed by atoms with van der Waals surface area (Å²) in [4.78, 5) is 0. The lowest BCUT2D eigenvalue weighted by Gasteiger charge is -2.15. The average molecular weight is 179 g/mol. The van der Waals surface area contributed by atoms with Gasteiger partial charge in [-0.2, -0.15) is 0 Å². The number of para-hydroxylation sites is 1. The Kier molecular flexibility index (Phi) is 2.47. The first-order valence-corrected chi connectivity index (χ1v) is 4.43. The second kappa shape index (κ2) is 3.77. The highest BCUT2D eigenvalue weighted by atomic mass is 16.5. The predicted molar refractivity (Wildman–Crippen MR) is 50.7 cm³/mol. The SMILES string of the molecule is O[C@H]1COC[C@@H]1Nc1ccccc1. The standard InChI is InChI=1S/C10H13NO2/c12-10-7-13-6-9(10)11-8-4-2-1-3-5-8/h1-5,9-12H,6-7H2/t9-,10-/m0/s1. The minimum absolute atomic E-state index is 0.0300. The number of ether oxygens (including phenoxy) is 1. The average Bonchev–Trinajstić information content (AvgIpc) is 2.54. The topological polar surface area (TPSA) is 41.5 Å². The van der Waals surface area contributed by atoms with E-state index in [1.807, 2.05) is 30.3 Å². The molecule has 1 heterocycles. The zero-order valence-electron chi connectivity index (χ0n) is 7.31. The number of anilines is 1. The highest BCUT2D eigenvalue weighted by molar-refractivity contribution is 5.43. The molecule has 0 amide bonds. The first kappa shape index (κ1) is 8.53. The third-order valence-corrected chi connectivity index (χ3v) is 2.18. The van der Waals surface area contributed by atoms with Crippen molar-refractivity contribution in [2.75, 3.05) is 18.5 Å². The highest BCUT2D eigenvalue weighted by Crippen LogP contribution is 2.13. The van der Waals surface area contributed by atoms with E-state index in [0.717, 1.165) is 5.69 Å². The number of aliphatic hydroxyl groups excluding tert-OH is 1. The van der Waals surface area contributed by atoms with Crippen LogP contribution in [0.4, 0.5) is 5.69 Å². The van der Waals surface area contributed by atoms with Gasteiger partial charge in [0.25, 0.3) is 0 Å². The molecule has 3 heteroatoms. The monoisotopic (exact) mass is 179 g/mol. The molecule has 2 atom stereocenters. The Balaban J connectivity index is 1.98. The minimum Gasteiger partial charge on any atom is -0.388 e. The molecule has 2 N–H and O–H groups in total. The van der Waals surface area contributed by atoms with Crippen LogP contribution >= 0.6 is 0 Å². The summed E-state index contributed by atoms with van der Waals surface area (Å²) in [7, 11) is 0. The molecule has 1 aliphatic rings. The molecule has 0 aliphatic carbocycles. The van der Waals surface area contributed by atoms with Gasteiger partial charge in [-0.1, -0.05) is 18.2 Å². The second-order valence-electron chi connectivity index (χ2n) is 3.22. The second-order valence-corrected chi connectivity index (χ2v) is 3.22. The van der Waals surface area contributed by atoms with Gasteiger partial charge in [0, 0.05) is 5.69 Å². The summed E-state index contributed by atoms with van der Waals surface area (Å²) >= 11 is 0. The fourth-order valence-electron chi connectivity index (χ4n) is 1.43. The van der Waals surface area contributed by atoms with Gasteiger partial charge in [-0.3, -0.25) is 0 Å². The predicted octanol–water partition coefficient (Wildman–Crippen LogP) is 0.858. The van der Waals surface area contributed by atoms with Gasteiger partial charge < -0.3 is 15.2 Å². The van der Waals surface area contributed by atoms with Crippen molar-refractivity contribution in [2.24, 2.45) is 0 Å². The Labute approximate surface area is 77.3 Å². The molecular weight excluding hydrogens is 166 g/mol. The van der Waals surface area contributed by atoms with E-state index in [2.05, 4.69) is 5.32 Å². The molecule has 13 heavy (non-hydrogen) atoms. The Morgan fingerprint density at radius 2 is 2.00 bits per heavy atom. The van der Waals surface area contributed by atoms with Gasteiger partial charge >= 0.3 is 0 Å². The van der Waals surface area contributed by atoms with Gasteiger partial charge in [0.1, 0.15) is 0 Å². The third kappa shape index (κ3) is 1.99. The van der Waals surface area contributed by atoms with Crippen LogP contribution in [0.25, 0.3) is 0 Å². The maximum absolute atomic E-state index is 9.46. The normalized spacial score (nSPS) is 27.5. The highest BCUT2D eigenvalue weighted by Gasteiger charge is 2.25. The lowest BCUT2D eigenvalue weighted by Crippen LogP contribution is -2.31. The molecule has 0 saturated carbocycles. The van der Waals surface area contributed by atoms with Crippen LogP contribution in [0.15, 0.2) is 30.3 Å². The smallest absolute Gasteiger partial charge is 0.0996 e. The zero-order chi connectivity index (χ0) is 9.10. The molecular formula is C10H13NO2. The van der Waals surface area contributed by atoms with Crippen molar-refractivity contribution >= 4 is 5.69 Å². The Hall–Kier alpha value is -1.06. The molecule has 2 rings (SSSR count). The Bertz CT molecular complexity index is 263. The van der Waals surface area contributed by atoms with Gasteiger partial charge in [-0.15, -0.1) is 0 Å². The Morgan fingerprint density at radius 1 is 1.23 bits per heavy atom. The summed E-state index contributed by atoms with van der Waals surface area (Å²) in [5, 5.41) is 12.7. The quantitative estimate of drug-likeness (QED) is 0.707. The van der Waals surface area contributed by atoms with Crippen molar-refractivity contribution in [3.05, 3.63) is 30.3 Å². The molecule has 0 bridgehead atoms. The molecule has 0 spiro atoms.